The molecule has 0 heterocycles. The molecule has 0 spiro atoms. The lowest BCUT2D eigenvalue weighted by Crippen LogP contribution is -2.34. The molecule has 1 amide bonds. The van der Waals surface area contributed by atoms with E-state index < -0.39 is 5.97 Å². The monoisotopic (exact) mass is 273 g/mol. The Morgan fingerprint density at radius 2 is 2.11 bits per heavy atom. The van der Waals surface area contributed by atoms with Gasteiger partial charge < -0.3 is 10.4 Å². The zero-order valence-electron chi connectivity index (χ0n) is 11.1. The van der Waals surface area contributed by atoms with E-state index in [0.717, 1.165) is 18.6 Å². The molecule has 3 unspecified atom stereocenters. The summed E-state index contributed by atoms with van der Waals surface area (Å²) in [7, 11) is 0. The van der Waals surface area contributed by atoms with Gasteiger partial charge in [-0.1, -0.05) is 13.8 Å². The Kier molecular flexibility index (Phi) is 6.54. The van der Waals surface area contributed by atoms with Gasteiger partial charge in [-0.2, -0.15) is 11.8 Å². The van der Waals surface area contributed by atoms with Crippen LogP contribution in [0.1, 0.15) is 46.0 Å². The van der Waals surface area contributed by atoms with E-state index in [1.54, 1.807) is 6.92 Å². The van der Waals surface area contributed by atoms with Gasteiger partial charge in [-0.3, -0.25) is 9.59 Å². The largest absolute Gasteiger partial charge is 0.481 e. The van der Waals surface area contributed by atoms with Crippen LogP contribution in [0.5, 0.6) is 0 Å². The van der Waals surface area contributed by atoms with E-state index in [4.69, 9.17) is 5.11 Å². The van der Waals surface area contributed by atoms with Crippen LogP contribution in [0, 0.1) is 5.92 Å². The third-order valence-electron chi connectivity index (χ3n) is 3.21. The van der Waals surface area contributed by atoms with Gasteiger partial charge in [0.1, 0.15) is 0 Å². The summed E-state index contributed by atoms with van der Waals surface area (Å²) in [5.41, 5.74) is 0. The molecule has 0 bridgehead atoms. The molecule has 4 nitrogen and oxygen atoms in total. The van der Waals surface area contributed by atoms with E-state index in [0.29, 0.717) is 17.7 Å². The fraction of sp³-hybridized carbons (Fsp3) is 0.846. The SMILES string of the molecule is CCSC1CCC(NC(=O)CC(C)CC(=O)O)C1. The third-order valence-corrected chi connectivity index (χ3v) is 4.44. The average Bonchev–Trinajstić information content (AvgIpc) is 2.64. The van der Waals surface area contributed by atoms with Crippen molar-refractivity contribution in [3.05, 3.63) is 0 Å². The number of carbonyl (C=O) groups excluding carboxylic acids is 1. The fourth-order valence-electron chi connectivity index (χ4n) is 2.43. The van der Waals surface area contributed by atoms with Crippen molar-refractivity contribution >= 4 is 23.6 Å². The van der Waals surface area contributed by atoms with E-state index in [1.807, 2.05) is 11.8 Å². The van der Waals surface area contributed by atoms with Gasteiger partial charge >= 0.3 is 5.97 Å². The molecule has 3 atom stereocenters. The molecule has 5 heteroatoms. The first kappa shape index (κ1) is 15.3. The Morgan fingerprint density at radius 3 is 2.72 bits per heavy atom. The molecule has 0 saturated heterocycles. The van der Waals surface area contributed by atoms with Crippen molar-refractivity contribution in [2.24, 2.45) is 5.92 Å². The molecule has 104 valence electrons. The summed E-state index contributed by atoms with van der Waals surface area (Å²) in [6.45, 7) is 3.96. The minimum absolute atomic E-state index is 0.00380. The number of carboxylic acid groups (broad SMARTS) is 1. The van der Waals surface area contributed by atoms with Crippen molar-refractivity contribution in [2.75, 3.05) is 5.75 Å². The molecule has 0 aromatic rings. The van der Waals surface area contributed by atoms with Crippen LogP contribution in [-0.2, 0) is 9.59 Å². The molecular formula is C13H23NO3S. The van der Waals surface area contributed by atoms with E-state index in [9.17, 15) is 9.59 Å². The summed E-state index contributed by atoms with van der Waals surface area (Å²) in [6, 6.07) is 0.290. The summed E-state index contributed by atoms with van der Waals surface area (Å²) in [6.07, 6.45) is 3.66. The molecule has 18 heavy (non-hydrogen) atoms. The Balaban J connectivity index is 2.22. The number of amides is 1. The standard InChI is InChI=1S/C13H23NO3S/c1-3-18-11-5-4-10(8-11)14-12(15)6-9(2)7-13(16)17/h9-11H,3-8H2,1-2H3,(H,14,15)(H,16,17). The molecule has 0 aromatic heterocycles. The number of hydrogen-bond donors (Lipinski definition) is 2. The predicted molar refractivity (Wildman–Crippen MR) is 73.7 cm³/mol. The van der Waals surface area contributed by atoms with Gasteiger partial charge in [-0.15, -0.1) is 0 Å². The molecule has 1 aliphatic rings. The minimum Gasteiger partial charge on any atom is -0.481 e. The van der Waals surface area contributed by atoms with E-state index in [-0.39, 0.29) is 18.2 Å². The minimum atomic E-state index is -0.837. The Hall–Kier alpha value is -0.710. The maximum absolute atomic E-state index is 11.7. The van der Waals surface area contributed by atoms with E-state index >= 15 is 0 Å². The number of nitrogens with one attached hydrogen (secondary N) is 1. The maximum Gasteiger partial charge on any atom is 0.303 e. The van der Waals surface area contributed by atoms with E-state index in [2.05, 4.69) is 12.2 Å². The second-order valence-corrected chi connectivity index (χ2v) is 6.64. The molecule has 0 aromatic carbocycles. The fourth-order valence-corrected chi connectivity index (χ4v) is 3.57. The van der Waals surface area contributed by atoms with Gasteiger partial charge in [0, 0.05) is 24.1 Å². The number of rotatable bonds is 7. The summed E-state index contributed by atoms with van der Waals surface area (Å²) in [4.78, 5) is 22.3. The highest BCUT2D eigenvalue weighted by atomic mass is 32.2. The van der Waals surface area contributed by atoms with Crippen LogP contribution in [0.15, 0.2) is 0 Å². The van der Waals surface area contributed by atoms with Gasteiger partial charge in [0.15, 0.2) is 0 Å². The Labute approximate surface area is 113 Å². The van der Waals surface area contributed by atoms with Crippen LogP contribution in [0.4, 0.5) is 0 Å². The quantitative estimate of drug-likeness (QED) is 0.747. The summed E-state index contributed by atoms with van der Waals surface area (Å²) < 4.78 is 0. The zero-order valence-corrected chi connectivity index (χ0v) is 12.0. The Bertz CT molecular complexity index is 296. The van der Waals surface area contributed by atoms with Crippen molar-refractivity contribution in [3.8, 4) is 0 Å². The molecular weight excluding hydrogens is 250 g/mol. The lowest BCUT2D eigenvalue weighted by Gasteiger charge is -2.15. The first-order valence-electron chi connectivity index (χ1n) is 6.64. The van der Waals surface area contributed by atoms with Crippen molar-refractivity contribution in [2.45, 2.75) is 57.2 Å². The molecule has 1 rings (SSSR count). The number of carboxylic acids is 1. The van der Waals surface area contributed by atoms with Crippen molar-refractivity contribution in [1.82, 2.24) is 5.32 Å². The summed E-state index contributed by atoms with van der Waals surface area (Å²) in [5, 5.41) is 12.3. The van der Waals surface area contributed by atoms with Gasteiger partial charge in [0.2, 0.25) is 5.91 Å². The van der Waals surface area contributed by atoms with Crippen LogP contribution in [-0.4, -0.2) is 34.0 Å². The first-order valence-corrected chi connectivity index (χ1v) is 7.68. The Morgan fingerprint density at radius 1 is 1.39 bits per heavy atom. The highest BCUT2D eigenvalue weighted by Crippen LogP contribution is 2.29. The average molecular weight is 273 g/mol. The second kappa shape index (κ2) is 7.67. The summed E-state index contributed by atoms with van der Waals surface area (Å²) >= 11 is 1.96. The first-order chi connectivity index (χ1) is 8.51. The number of thioether (sulfide) groups is 1. The normalized spacial score (nSPS) is 24.8. The van der Waals surface area contributed by atoms with Crippen molar-refractivity contribution in [3.63, 3.8) is 0 Å². The van der Waals surface area contributed by atoms with Crippen LogP contribution in [0.2, 0.25) is 0 Å². The number of hydrogen-bond acceptors (Lipinski definition) is 3. The topological polar surface area (TPSA) is 66.4 Å². The predicted octanol–water partition coefficient (Wildman–Crippen LogP) is 2.28. The third kappa shape index (κ3) is 5.76. The van der Waals surface area contributed by atoms with Crippen LogP contribution >= 0.6 is 11.8 Å². The molecule has 0 radical (unpaired) electrons. The van der Waals surface area contributed by atoms with E-state index in [1.165, 1.54) is 6.42 Å². The summed E-state index contributed by atoms with van der Waals surface area (Å²) in [5.74, 6) is 0.192. The van der Waals surface area contributed by atoms with Gasteiger partial charge in [-0.25, -0.2) is 0 Å². The zero-order chi connectivity index (χ0) is 13.5. The number of carbonyl (C=O) groups is 2. The van der Waals surface area contributed by atoms with Crippen molar-refractivity contribution < 1.29 is 14.7 Å². The van der Waals surface area contributed by atoms with Crippen LogP contribution in [0.25, 0.3) is 0 Å². The van der Waals surface area contributed by atoms with Crippen molar-refractivity contribution in [1.29, 1.82) is 0 Å². The molecule has 1 aliphatic carbocycles. The lowest BCUT2D eigenvalue weighted by molar-refractivity contribution is -0.138. The second-order valence-electron chi connectivity index (χ2n) is 5.06. The lowest BCUT2D eigenvalue weighted by atomic mass is 10.0. The van der Waals surface area contributed by atoms with Gasteiger partial charge in [-0.05, 0) is 30.9 Å². The smallest absolute Gasteiger partial charge is 0.303 e. The molecule has 2 N–H and O–H groups in total. The van der Waals surface area contributed by atoms with Gasteiger partial charge in [0.05, 0.1) is 0 Å². The van der Waals surface area contributed by atoms with Crippen LogP contribution in [0.3, 0.4) is 0 Å². The molecule has 1 fully saturated rings. The maximum atomic E-state index is 11.7. The highest BCUT2D eigenvalue weighted by Gasteiger charge is 2.26. The highest BCUT2D eigenvalue weighted by molar-refractivity contribution is 7.99. The van der Waals surface area contributed by atoms with Gasteiger partial charge in [0.25, 0.3) is 0 Å². The number of aliphatic carboxylic acids is 1. The molecule has 0 aliphatic heterocycles. The molecule has 1 saturated carbocycles. The van der Waals surface area contributed by atoms with Crippen LogP contribution < -0.4 is 5.32 Å².